The second-order valence-electron chi connectivity index (χ2n) is 5.70. The number of rotatable bonds is 9. The number of benzene rings is 2. The molecule has 0 saturated carbocycles. The van der Waals surface area contributed by atoms with E-state index in [-0.39, 0.29) is 17.9 Å². The summed E-state index contributed by atoms with van der Waals surface area (Å²) >= 11 is 11.6. The average Bonchev–Trinajstić information content (AvgIpc) is 2.67. The lowest BCUT2D eigenvalue weighted by atomic mass is 10.0. The normalized spacial score (nSPS) is 12.1. The van der Waals surface area contributed by atoms with Crippen LogP contribution < -0.4 is 9.47 Å². The molecule has 0 radical (unpaired) electrons. The number of halogens is 6. The molecular formula is C19H14Cl2F4O5. The lowest BCUT2D eigenvalue weighted by Crippen LogP contribution is -2.33. The Kier molecular flexibility index (Phi) is 7.80. The van der Waals surface area contributed by atoms with Gasteiger partial charge < -0.3 is 19.3 Å². The summed E-state index contributed by atoms with van der Waals surface area (Å²) in [6.45, 7) is -0.148. The van der Waals surface area contributed by atoms with Crippen molar-refractivity contribution in [1.29, 1.82) is 0 Å². The minimum atomic E-state index is -4.78. The first kappa shape index (κ1) is 23.6. The van der Waals surface area contributed by atoms with E-state index in [9.17, 15) is 27.5 Å². The van der Waals surface area contributed by atoms with Crippen LogP contribution in [0.25, 0.3) is 5.57 Å². The van der Waals surface area contributed by atoms with Gasteiger partial charge in [0.15, 0.2) is 5.75 Å². The Morgan fingerprint density at radius 2 is 1.80 bits per heavy atom. The molecule has 1 N–H and O–H groups in total. The second kappa shape index (κ2) is 9.90. The zero-order valence-corrected chi connectivity index (χ0v) is 16.7. The van der Waals surface area contributed by atoms with Gasteiger partial charge in [-0.15, -0.1) is 0 Å². The van der Waals surface area contributed by atoms with E-state index in [1.807, 2.05) is 0 Å². The Bertz CT molecular complexity index is 927. The zero-order chi connectivity index (χ0) is 22.5. The molecule has 0 aliphatic carbocycles. The molecular weight excluding hydrogens is 455 g/mol. The Labute approximate surface area is 178 Å². The number of alkyl halides is 4. The molecule has 0 aliphatic rings. The molecule has 30 heavy (non-hydrogen) atoms. The molecule has 0 saturated heterocycles. The maximum absolute atomic E-state index is 13.1. The molecule has 0 fully saturated rings. The predicted octanol–water partition coefficient (Wildman–Crippen LogP) is 5.88. The Morgan fingerprint density at radius 1 is 1.20 bits per heavy atom. The number of carboxylic acids is 1. The molecule has 5 nitrogen and oxygen atoms in total. The second-order valence-corrected chi connectivity index (χ2v) is 6.51. The highest BCUT2D eigenvalue weighted by Gasteiger charge is 2.45. The minimum Gasteiger partial charge on any atom is -0.503 e. The molecule has 2 aromatic carbocycles. The number of methoxy groups -OCH3 is 1. The van der Waals surface area contributed by atoms with Gasteiger partial charge in [0.05, 0.1) is 23.4 Å². The summed E-state index contributed by atoms with van der Waals surface area (Å²) < 4.78 is 65.2. The summed E-state index contributed by atoms with van der Waals surface area (Å²) in [6, 6.07) is 8.52. The highest BCUT2D eigenvalue weighted by atomic mass is 35.5. The standard InChI is InChI=1S/C19H14Cl2F4O5/c1-28-9-13(17(26)27)12-5-3-2-4-10(12)8-29-11-6-14(20)16(15(21)7-11)30-19(24,25)18(22)23/h2-7,9,18H,8H2,1H3,(H,26,27). The van der Waals surface area contributed by atoms with Gasteiger partial charge in [0, 0.05) is 12.1 Å². The summed E-state index contributed by atoms with van der Waals surface area (Å²) in [5.74, 6) is -2.04. The van der Waals surface area contributed by atoms with Gasteiger partial charge in [-0.2, -0.15) is 17.6 Å². The van der Waals surface area contributed by atoms with E-state index in [1.54, 1.807) is 24.3 Å². The lowest BCUT2D eigenvalue weighted by Gasteiger charge is -2.19. The highest BCUT2D eigenvalue weighted by molar-refractivity contribution is 6.37. The van der Waals surface area contributed by atoms with Gasteiger partial charge in [0.2, 0.25) is 0 Å². The first-order valence-electron chi connectivity index (χ1n) is 8.08. The maximum Gasteiger partial charge on any atom is 0.461 e. The van der Waals surface area contributed by atoms with Crippen molar-refractivity contribution in [1.82, 2.24) is 0 Å². The van der Waals surface area contributed by atoms with Gasteiger partial charge in [-0.1, -0.05) is 47.5 Å². The van der Waals surface area contributed by atoms with Crippen molar-refractivity contribution in [3.8, 4) is 11.5 Å². The summed E-state index contributed by atoms with van der Waals surface area (Å²) in [5.41, 5.74) is 0.659. The first-order valence-corrected chi connectivity index (χ1v) is 8.83. The fourth-order valence-electron chi connectivity index (χ4n) is 2.32. The number of carbonyl (C=O) groups is 1. The van der Waals surface area contributed by atoms with Crippen LogP contribution in [0.5, 0.6) is 11.5 Å². The largest absolute Gasteiger partial charge is 0.503 e. The van der Waals surface area contributed by atoms with Crippen LogP contribution in [0.1, 0.15) is 11.1 Å². The molecule has 0 spiro atoms. The Balaban J connectivity index is 2.26. The SMILES string of the molecule is COC=C(C(=O)O)c1ccccc1COc1cc(Cl)c(OC(F)(F)C(F)F)c(Cl)c1. The predicted molar refractivity (Wildman–Crippen MR) is 101 cm³/mol. The third kappa shape index (κ3) is 5.70. The van der Waals surface area contributed by atoms with Crippen LogP contribution in [0.3, 0.4) is 0 Å². The molecule has 0 atom stereocenters. The average molecular weight is 469 g/mol. The van der Waals surface area contributed by atoms with E-state index in [4.69, 9.17) is 32.7 Å². The van der Waals surface area contributed by atoms with Crippen LogP contribution in [-0.4, -0.2) is 30.7 Å². The van der Waals surface area contributed by atoms with E-state index in [1.165, 1.54) is 7.11 Å². The number of aliphatic carboxylic acids is 1. The number of carboxylic acid groups (broad SMARTS) is 1. The number of hydrogen-bond acceptors (Lipinski definition) is 4. The molecule has 2 rings (SSSR count). The molecule has 0 bridgehead atoms. The quantitative estimate of drug-likeness (QED) is 0.282. The molecule has 0 aromatic heterocycles. The summed E-state index contributed by atoms with van der Waals surface area (Å²) in [7, 11) is 1.30. The fraction of sp³-hybridized carbons (Fsp3) is 0.211. The molecule has 2 aromatic rings. The monoisotopic (exact) mass is 468 g/mol. The van der Waals surface area contributed by atoms with Crippen LogP contribution >= 0.6 is 23.2 Å². The Morgan fingerprint density at radius 3 is 2.33 bits per heavy atom. The molecule has 0 amide bonds. The van der Waals surface area contributed by atoms with Crippen LogP contribution in [0.2, 0.25) is 10.0 Å². The number of ether oxygens (including phenoxy) is 3. The van der Waals surface area contributed by atoms with Crippen LogP contribution in [0.15, 0.2) is 42.7 Å². The van der Waals surface area contributed by atoms with Crippen molar-refractivity contribution >= 4 is 34.7 Å². The summed E-state index contributed by atoms with van der Waals surface area (Å²) in [5, 5.41) is 8.40. The van der Waals surface area contributed by atoms with Crippen molar-refractivity contribution in [3.05, 3.63) is 63.8 Å². The van der Waals surface area contributed by atoms with Crippen LogP contribution in [-0.2, 0) is 16.1 Å². The molecule has 0 unspecified atom stereocenters. The van der Waals surface area contributed by atoms with E-state index >= 15 is 0 Å². The van der Waals surface area contributed by atoms with Crippen molar-refractivity contribution in [2.45, 2.75) is 19.1 Å². The van der Waals surface area contributed by atoms with Gasteiger partial charge >= 0.3 is 18.5 Å². The fourth-order valence-corrected chi connectivity index (χ4v) is 2.86. The van der Waals surface area contributed by atoms with Gasteiger partial charge in [0.1, 0.15) is 17.9 Å². The zero-order valence-electron chi connectivity index (χ0n) is 15.2. The summed E-state index contributed by atoms with van der Waals surface area (Å²) in [4.78, 5) is 11.5. The molecule has 11 heteroatoms. The van der Waals surface area contributed by atoms with Crippen molar-refractivity contribution in [3.63, 3.8) is 0 Å². The summed E-state index contributed by atoms with van der Waals surface area (Å²) in [6.07, 6.45) is -7.81. The van der Waals surface area contributed by atoms with E-state index in [2.05, 4.69) is 4.74 Å². The van der Waals surface area contributed by atoms with E-state index in [0.29, 0.717) is 11.1 Å². The van der Waals surface area contributed by atoms with E-state index < -0.39 is 34.3 Å². The minimum absolute atomic E-state index is 0.0140. The highest BCUT2D eigenvalue weighted by Crippen LogP contribution is 2.41. The van der Waals surface area contributed by atoms with E-state index in [0.717, 1.165) is 18.4 Å². The van der Waals surface area contributed by atoms with Crippen LogP contribution in [0.4, 0.5) is 17.6 Å². The lowest BCUT2D eigenvalue weighted by molar-refractivity contribution is -0.253. The van der Waals surface area contributed by atoms with Crippen LogP contribution in [0, 0.1) is 0 Å². The molecule has 0 aliphatic heterocycles. The smallest absolute Gasteiger partial charge is 0.461 e. The van der Waals surface area contributed by atoms with Gasteiger partial charge in [-0.05, 0) is 11.1 Å². The van der Waals surface area contributed by atoms with Gasteiger partial charge in [-0.3, -0.25) is 0 Å². The Hall–Kier alpha value is -2.65. The number of hydrogen-bond donors (Lipinski definition) is 1. The third-order valence-corrected chi connectivity index (χ3v) is 4.19. The van der Waals surface area contributed by atoms with Crippen molar-refractivity contribution in [2.75, 3.05) is 7.11 Å². The maximum atomic E-state index is 13.1. The first-order chi connectivity index (χ1) is 14.1. The molecule has 0 heterocycles. The molecule has 162 valence electrons. The van der Waals surface area contributed by atoms with Gasteiger partial charge in [-0.25, -0.2) is 4.79 Å². The van der Waals surface area contributed by atoms with Gasteiger partial charge in [0.25, 0.3) is 0 Å². The topological polar surface area (TPSA) is 65.0 Å². The van der Waals surface area contributed by atoms with Crippen molar-refractivity contribution in [2.24, 2.45) is 0 Å². The third-order valence-electron chi connectivity index (χ3n) is 3.63. The van der Waals surface area contributed by atoms with Crippen molar-refractivity contribution < 1.29 is 41.7 Å².